The predicted molar refractivity (Wildman–Crippen MR) is 185 cm³/mol. The highest BCUT2D eigenvalue weighted by atomic mass is 32.2. The maximum atomic E-state index is 12.8. The fraction of sp³-hybridized carbons (Fsp3) is 0.730. The zero-order chi connectivity index (χ0) is 36.7. The number of carbonyl (C=O) groups is 4. The van der Waals surface area contributed by atoms with Gasteiger partial charge in [0.15, 0.2) is 5.25 Å². The molecular formula is C37H57NO10S. The smallest absolute Gasteiger partial charge is 0.333 e. The Hall–Kier alpha value is -2.99. The lowest BCUT2D eigenvalue weighted by Gasteiger charge is -2.38. The van der Waals surface area contributed by atoms with Crippen LogP contribution in [-0.4, -0.2) is 52.6 Å². The zero-order valence-corrected chi connectivity index (χ0v) is 31.5. The van der Waals surface area contributed by atoms with E-state index >= 15 is 0 Å². The number of esters is 1. The lowest BCUT2D eigenvalue weighted by Crippen LogP contribution is -2.37. The Morgan fingerprint density at radius 3 is 2.04 bits per heavy atom. The monoisotopic (exact) mass is 707 g/mol. The Bertz CT molecular complexity index is 1490. The van der Waals surface area contributed by atoms with Gasteiger partial charge < -0.3 is 14.3 Å². The van der Waals surface area contributed by atoms with Crippen LogP contribution < -0.4 is 9.47 Å². The fourth-order valence-corrected chi connectivity index (χ4v) is 7.54. The summed E-state index contributed by atoms with van der Waals surface area (Å²) in [4.78, 5) is 53.8. The summed E-state index contributed by atoms with van der Waals surface area (Å²) in [6.07, 6.45) is 11.0. The number of hydrogen-bond donors (Lipinski definition) is 1. The molecule has 0 saturated carbocycles. The molecule has 12 heteroatoms. The predicted octanol–water partition coefficient (Wildman–Crippen LogP) is 7.29. The number of carbonyl (C=O) groups excluding carboxylic acids is 4. The van der Waals surface area contributed by atoms with Gasteiger partial charge in [-0.25, -0.2) is 4.79 Å². The topological polar surface area (TPSA) is 154 Å². The van der Waals surface area contributed by atoms with E-state index in [4.69, 9.17) is 18.9 Å². The van der Waals surface area contributed by atoms with Gasteiger partial charge in [-0.05, 0) is 87.8 Å². The van der Waals surface area contributed by atoms with E-state index in [2.05, 4.69) is 34.6 Å². The standard InChI is InChI=1S/C37H57NO10S/c1-23(2)12-9-13-24(3)14-10-15-25(4)16-11-20-37(8)21-19-29-28(7)34(26(5)27(6)35(29)47-37)46-32(40)17-18-33(41)48-38-31(39)22-30(36(38)42)49(43,44)45/h23-25,30H,9-22H2,1-8H3,(H,43,44,45). The number of benzene rings is 1. The van der Waals surface area contributed by atoms with E-state index in [-0.39, 0.29) is 10.7 Å². The van der Waals surface area contributed by atoms with Gasteiger partial charge in [-0.2, -0.15) is 8.42 Å². The largest absolute Gasteiger partial charge is 0.487 e. The number of nitrogens with zero attached hydrogens (tertiary/aromatic N) is 1. The molecule has 0 radical (unpaired) electrons. The number of hydroxylamine groups is 2. The SMILES string of the molecule is Cc1c(C)c2c(c(C)c1OC(=O)CCC(=O)ON1C(=O)CC(S(=O)(=O)O)C1=O)CCC(C)(CCCC(C)CCCC(C)CCCC(C)C)O2. The maximum Gasteiger partial charge on any atom is 0.333 e. The van der Waals surface area contributed by atoms with Crippen molar-refractivity contribution >= 4 is 33.9 Å². The van der Waals surface area contributed by atoms with Crippen molar-refractivity contribution in [1.82, 2.24) is 5.06 Å². The van der Waals surface area contributed by atoms with Crippen molar-refractivity contribution in [2.24, 2.45) is 17.8 Å². The van der Waals surface area contributed by atoms with Gasteiger partial charge in [-0.1, -0.05) is 72.6 Å². The van der Waals surface area contributed by atoms with Crippen LogP contribution in [0.3, 0.4) is 0 Å². The van der Waals surface area contributed by atoms with Crippen molar-refractivity contribution in [1.29, 1.82) is 0 Å². The molecule has 1 aromatic rings. The summed E-state index contributed by atoms with van der Waals surface area (Å²) in [5.74, 6) is -0.737. The van der Waals surface area contributed by atoms with Crippen LogP contribution in [-0.2, 0) is 40.6 Å². The van der Waals surface area contributed by atoms with E-state index in [0.717, 1.165) is 65.5 Å². The number of imide groups is 1. The first-order chi connectivity index (χ1) is 22.8. The number of ether oxygens (including phenoxy) is 2. The molecule has 2 aliphatic rings. The molecule has 1 fully saturated rings. The lowest BCUT2D eigenvalue weighted by atomic mass is 9.83. The summed E-state index contributed by atoms with van der Waals surface area (Å²) in [5, 5.41) is -2.01. The third kappa shape index (κ3) is 11.3. The van der Waals surface area contributed by atoms with Gasteiger partial charge in [-0.3, -0.25) is 18.9 Å². The Morgan fingerprint density at radius 1 is 0.898 bits per heavy atom. The van der Waals surface area contributed by atoms with Crippen molar-refractivity contribution in [2.45, 2.75) is 156 Å². The molecular weight excluding hydrogens is 650 g/mol. The second-order valence-corrected chi connectivity index (χ2v) is 16.7. The number of fused-ring (bicyclic) bond motifs is 1. The third-order valence-electron chi connectivity index (χ3n) is 10.2. The minimum Gasteiger partial charge on any atom is -0.487 e. The normalized spacial score (nSPS) is 20.6. The Labute approximate surface area is 292 Å². The molecule has 1 saturated heterocycles. The molecule has 49 heavy (non-hydrogen) atoms. The molecule has 2 heterocycles. The number of rotatable bonds is 18. The van der Waals surface area contributed by atoms with Crippen LogP contribution in [0.25, 0.3) is 0 Å². The molecule has 1 N–H and O–H groups in total. The third-order valence-corrected chi connectivity index (χ3v) is 11.3. The maximum absolute atomic E-state index is 12.8. The van der Waals surface area contributed by atoms with Gasteiger partial charge in [-0.15, -0.1) is 5.06 Å². The van der Waals surface area contributed by atoms with E-state index in [1.54, 1.807) is 0 Å². The van der Waals surface area contributed by atoms with Crippen molar-refractivity contribution in [3.8, 4) is 11.5 Å². The Kier molecular flexibility index (Phi) is 14.3. The lowest BCUT2D eigenvalue weighted by molar-refractivity contribution is -0.197. The van der Waals surface area contributed by atoms with Crippen LogP contribution in [0.2, 0.25) is 0 Å². The van der Waals surface area contributed by atoms with Crippen molar-refractivity contribution in [2.75, 3.05) is 0 Å². The Balaban J connectivity index is 1.49. The van der Waals surface area contributed by atoms with Gasteiger partial charge in [0.25, 0.3) is 21.9 Å². The fourth-order valence-electron chi connectivity index (χ4n) is 6.84. The van der Waals surface area contributed by atoms with Gasteiger partial charge in [0.05, 0.1) is 19.3 Å². The average molecular weight is 708 g/mol. The molecule has 4 unspecified atom stereocenters. The quantitative estimate of drug-likeness (QED) is 0.0712. The first-order valence-electron chi connectivity index (χ1n) is 17.9. The summed E-state index contributed by atoms with van der Waals surface area (Å²) in [6, 6.07) is 0. The summed E-state index contributed by atoms with van der Waals surface area (Å²) in [7, 11) is -4.84. The minimum absolute atomic E-state index is 0.0134. The van der Waals surface area contributed by atoms with Gasteiger partial charge in [0.1, 0.15) is 17.1 Å². The molecule has 0 aliphatic carbocycles. The molecule has 0 spiro atoms. The summed E-state index contributed by atoms with van der Waals surface area (Å²) in [5.41, 5.74) is 3.17. The minimum atomic E-state index is -4.84. The van der Waals surface area contributed by atoms with E-state index in [1.165, 1.54) is 44.9 Å². The van der Waals surface area contributed by atoms with Crippen LogP contribution in [0.4, 0.5) is 0 Å². The first kappa shape index (κ1) is 40.4. The summed E-state index contributed by atoms with van der Waals surface area (Å²) < 4.78 is 44.1. The average Bonchev–Trinajstić information content (AvgIpc) is 3.29. The highest BCUT2D eigenvalue weighted by Gasteiger charge is 2.48. The molecule has 0 bridgehead atoms. The van der Waals surface area contributed by atoms with E-state index in [0.29, 0.717) is 11.7 Å². The molecule has 2 amide bonds. The number of amides is 2. The molecule has 11 nitrogen and oxygen atoms in total. The molecule has 1 aromatic carbocycles. The highest BCUT2D eigenvalue weighted by molar-refractivity contribution is 7.87. The van der Waals surface area contributed by atoms with Crippen LogP contribution >= 0.6 is 0 Å². The van der Waals surface area contributed by atoms with E-state index < -0.39 is 58.4 Å². The first-order valence-corrected chi connectivity index (χ1v) is 19.4. The van der Waals surface area contributed by atoms with Gasteiger partial charge in [0.2, 0.25) is 0 Å². The molecule has 0 aromatic heterocycles. The second kappa shape index (κ2) is 17.3. The van der Waals surface area contributed by atoms with Crippen molar-refractivity contribution in [3.05, 3.63) is 22.3 Å². The van der Waals surface area contributed by atoms with Crippen LogP contribution in [0.1, 0.15) is 140 Å². The molecule has 2 aliphatic heterocycles. The molecule has 276 valence electrons. The van der Waals surface area contributed by atoms with Crippen LogP contribution in [0, 0.1) is 38.5 Å². The zero-order valence-electron chi connectivity index (χ0n) is 30.7. The number of hydrogen-bond acceptors (Lipinski definition) is 9. The summed E-state index contributed by atoms with van der Waals surface area (Å²) >= 11 is 0. The second-order valence-electron chi connectivity index (χ2n) is 15.1. The highest BCUT2D eigenvalue weighted by Crippen LogP contribution is 2.45. The van der Waals surface area contributed by atoms with Crippen LogP contribution in [0.15, 0.2) is 0 Å². The van der Waals surface area contributed by atoms with E-state index in [1.807, 2.05) is 20.8 Å². The van der Waals surface area contributed by atoms with Crippen LogP contribution in [0.5, 0.6) is 11.5 Å². The summed E-state index contributed by atoms with van der Waals surface area (Å²) in [6.45, 7) is 17.2. The van der Waals surface area contributed by atoms with Gasteiger partial charge in [0, 0.05) is 5.56 Å². The Morgan fingerprint density at radius 2 is 1.47 bits per heavy atom. The van der Waals surface area contributed by atoms with Crippen molar-refractivity contribution < 1.29 is 46.5 Å². The van der Waals surface area contributed by atoms with Gasteiger partial charge >= 0.3 is 11.9 Å². The molecule has 4 atom stereocenters. The van der Waals surface area contributed by atoms with Crippen molar-refractivity contribution in [3.63, 3.8) is 0 Å². The molecule has 3 rings (SSSR count). The van der Waals surface area contributed by atoms with E-state index in [9.17, 15) is 27.6 Å².